The van der Waals surface area contributed by atoms with Gasteiger partial charge in [-0.05, 0) is 42.7 Å². The number of phenolic OH excluding ortho intramolecular Hbond substituents is 1. The molecular weight excluding hydrogens is 358 g/mol. The van der Waals surface area contributed by atoms with Crippen molar-refractivity contribution in [3.05, 3.63) is 72.3 Å². The third-order valence-corrected chi connectivity index (χ3v) is 4.37. The number of benzene rings is 2. The molecule has 0 spiro atoms. The zero-order valence-corrected chi connectivity index (χ0v) is 16.0. The highest BCUT2D eigenvalue weighted by molar-refractivity contribution is 5.84. The fourth-order valence-corrected chi connectivity index (χ4v) is 2.87. The van der Waals surface area contributed by atoms with Crippen LogP contribution in [0.2, 0.25) is 0 Å². The first-order chi connectivity index (χ1) is 13.3. The Hall–Kier alpha value is -3.28. The molecule has 0 radical (unpaired) electrons. The van der Waals surface area contributed by atoms with Crippen LogP contribution in [-0.2, 0) is 9.53 Å². The van der Waals surface area contributed by atoms with E-state index in [0.29, 0.717) is 18.5 Å². The van der Waals surface area contributed by atoms with Gasteiger partial charge in [0.1, 0.15) is 11.9 Å². The second kappa shape index (κ2) is 9.60. The summed E-state index contributed by atoms with van der Waals surface area (Å²) in [5.74, 6) is -0.871. The maximum atomic E-state index is 12.5. The van der Waals surface area contributed by atoms with Gasteiger partial charge in [0.15, 0.2) is 0 Å². The van der Waals surface area contributed by atoms with Crippen LogP contribution in [0.1, 0.15) is 38.4 Å². The van der Waals surface area contributed by atoms with Crippen LogP contribution in [0.5, 0.6) is 5.75 Å². The van der Waals surface area contributed by atoms with Gasteiger partial charge >= 0.3 is 12.1 Å². The van der Waals surface area contributed by atoms with E-state index >= 15 is 0 Å². The molecule has 0 saturated heterocycles. The van der Waals surface area contributed by atoms with E-state index in [1.54, 1.807) is 42.5 Å². The van der Waals surface area contributed by atoms with Crippen molar-refractivity contribution in [3.63, 3.8) is 0 Å². The predicted octanol–water partition coefficient (Wildman–Crippen LogP) is 5.13. The molecule has 3 N–H and O–H groups in total. The third kappa shape index (κ3) is 6.46. The second-order valence-corrected chi connectivity index (χ2v) is 7.14. The average molecular weight is 383 g/mol. The van der Waals surface area contributed by atoms with Crippen molar-refractivity contribution in [1.82, 2.24) is 0 Å². The van der Waals surface area contributed by atoms with Crippen LogP contribution >= 0.6 is 0 Å². The maximum absolute atomic E-state index is 12.5. The molecule has 28 heavy (non-hydrogen) atoms. The molecule has 0 aliphatic rings. The monoisotopic (exact) mass is 383 g/mol. The SMILES string of the molecule is CC(C)(CC/C=C/C(=O)O)[C@H](OC(=O)Nc1ccccc1)c1ccc(O)cc1. The van der Waals surface area contributed by atoms with Crippen molar-refractivity contribution in [3.8, 4) is 5.75 Å². The van der Waals surface area contributed by atoms with E-state index < -0.39 is 23.6 Å². The Balaban J connectivity index is 2.17. The van der Waals surface area contributed by atoms with Crippen molar-refractivity contribution >= 4 is 17.7 Å². The summed E-state index contributed by atoms with van der Waals surface area (Å²) in [4.78, 5) is 23.1. The number of ether oxygens (including phenoxy) is 1. The molecule has 0 aromatic heterocycles. The molecule has 0 aliphatic heterocycles. The summed E-state index contributed by atoms with van der Waals surface area (Å²) in [5.41, 5.74) is 0.890. The number of carboxylic acid groups (broad SMARTS) is 1. The Kier molecular flexibility index (Phi) is 7.21. The fraction of sp³-hybridized carbons (Fsp3) is 0.273. The minimum absolute atomic E-state index is 0.124. The van der Waals surface area contributed by atoms with Gasteiger partial charge in [0.2, 0.25) is 0 Å². The Bertz CT molecular complexity index is 813. The molecule has 1 atom stereocenters. The number of carbonyl (C=O) groups excluding carboxylic acids is 1. The molecule has 2 aromatic rings. The Morgan fingerprint density at radius 2 is 1.75 bits per heavy atom. The van der Waals surface area contributed by atoms with Gasteiger partial charge in [0.25, 0.3) is 0 Å². The lowest BCUT2D eigenvalue weighted by atomic mass is 9.78. The zero-order valence-electron chi connectivity index (χ0n) is 16.0. The molecule has 0 aliphatic carbocycles. The molecule has 148 valence electrons. The first-order valence-corrected chi connectivity index (χ1v) is 8.99. The highest BCUT2D eigenvalue weighted by Crippen LogP contribution is 2.41. The van der Waals surface area contributed by atoms with E-state index in [9.17, 15) is 14.7 Å². The largest absolute Gasteiger partial charge is 0.508 e. The predicted molar refractivity (Wildman–Crippen MR) is 107 cm³/mol. The minimum atomic E-state index is -0.994. The summed E-state index contributed by atoms with van der Waals surface area (Å²) in [5, 5.41) is 21.0. The number of rotatable bonds is 8. The Morgan fingerprint density at radius 1 is 1.11 bits per heavy atom. The molecule has 6 heteroatoms. The van der Waals surface area contributed by atoms with E-state index in [4.69, 9.17) is 9.84 Å². The lowest BCUT2D eigenvalue weighted by Crippen LogP contribution is -2.29. The number of nitrogens with one attached hydrogen (secondary N) is 1. The van der Waals surface area contributed by atoms with E-state index in [1.807, 2.05) is 32.0 Å². The molecule has 2 aromatic carbocycles. The fourth-order valence-electron chi connectivity index (χ4n) is 2.87. The van der Waals surface area contributed by atoms with Crippen LogP contribution in [0, 0.1) is 5.41 Å². The second-order valence-electron chi connectivity index (χ2n) is 7.14. The zero-order chi connectivity index (χ0) is 20.6. The molecule has 0 saturated carbocycles. The molecule has 0 unspecified atom stereocenters. The first-order valence-electron chi connectivity index (χ1n) is 8.99. The molecule has 6 nitrogen and oxygen atoms in total. The molecule has 0 bridgehead atoms. The smallest absolute Gasteiger partial charge is 0.412 e. The Labute approximate surface area is 164 Å². The average Bonchev–Trinajstić information content (AvgIpc) is 2.65. The van der Waals surface area contributed by atoms with Crippen LogP contribution in [0.15, 0.2) is 66.7 Å². The summed E-state index contributed by atoms with van der Waals surface area (Å²) >= 11 is 0. The van der Waals surface area contributed by atoms with Gasteiger partial charge < -0.3 is 14.9 Å². The molecule has 0 heterocycles. The number of hydrogen-bond acceptors (Lipinski definition) is 4. The highest BCUT2D eigenvalue weighted by Gasteiger charge is 2.33. The molecular formula is C22H25NO5. The topological polar surface area (TPSA) is 95.9 Å². The quantitative estimate of drug-likeness (QED) is 0.549. The number of hydrogen-bond donors (Lipinski definition) is 3. The van der Waals surface area contributed by atoms with Crippen molar-refractivity contribution in [2.24, 2.45) is 5.41 Å². The van der Waals surface area contributed by atoms with Crippen molar-refractivity contribution in [1.29, 1.82) is 0 Å². The van der Waals surface area contributed by atoms with Gasteiger partial charge in [0, 0.05) is 17.2 Å². The number of phenols is 1. The first kappa shape index (κ1) is 21.0. The van der Waals surface area contributed by atoms with Gasteiger partial charge in [-0.2, -0.15) is 0 Å². The van der Waals surface area contributed by atoms with Gasteiger partial charge in [-0.25, -0.2) is 9.59 Å². The molecule has 2 rings (SSSR count). The van der Waals surface area contributed by atoms with Gasteiger partial charge in [-0.1, -0.05) is 50.3 Å². The minimum Gasteiger partial charge on any atom is -0.508 e. The number of amides is 1. The lowest BCUT2D eigenvalue weighted by Gasteiger charge is -2.34. The summed E-state index contributed by atoms with van der Waals surface area (Å²) in [6.45, 7) is 3.91. The third-order valence-electron chi connectivity index (χ3n) is 4.37. The van der Waals surface area contributed by atoms with Crippen LogP contribution in [0.3, 0.4) is 0 Å². The highest BCUT2D eigenvalue weighted by atomic mass is 16.6. The van der Waals surface area contributed by atoms with E-state index in [0.717, 1.165) is 11.6 Å². The van der Waals surface area contributed by atoms with Crippen LogP contribution in [0.25, 0.3) is 0 Å². The summed E-state index contributed by atoms with van der Waals surface area (Å²) in [6, 6.07) is 15.5. The number of carbonyl (C=O) groups is 2. The number of aromatic hydroxyl groups is 1. The van der Waals surface area contributed by atoms with Gasteiger partial charge in [-0.15, -0.1) is 0 Å². The van der Waals surface area contributed by atoms with E-state index in [2.05, 4.69) is 5.32 Å². The lowest BCUT2D eigenvalue weighted by molar-refractivity contribution is -0.131. The number of anilines is 1. The Morgan fingerprint density at radius 3 is 2.36 bits per heavy atom. The maximum Gasteiger partial charge on any atom is 0.412 e. The number of carboxylic acids is 1. The number of aliphatic carboxylic acids is 1. The van der Waals surface area contributed by atoms with Crippen LogP contribution in [-0.4, -0.2) is 22.3 Å². The van der Waals surface area contributed by atoms with Gasteiger partial charge in [0.05, 0.1) is 0 Å². The van der Waals surface area contributed by atoms with Crippen LogP contribution in [0.4, 0.5) is 10.5 Å². The summed E-state index contributed by atoms with van der Waals surface area (Å²) in [7, 11) is 0. The molecule has 0 fully saturated rings. The number of para-hydroxylation sites is 1. The van der Waals surface area contributed by atoms with Gasteiger partial charge in [-0.3, -0.25) is 5.32 Å². The van der Waals surface area contributed by atoms with E-state index in [-0.39, 0.29) is 5.75 Å². The summed E-state index contributed by atoms with van der Waals surface area (Å²) < 4.78 is 5.75. The standard InChI is InChI=1S/C22H25NO5/c1-22(2,15-7-6-10-19(25)26)20(16-11-13-18(24)14-12-16)28-21(27)23-17-8-4-3-5-9-17/h3-6,8-14,20,24H,7,15H2,1-2H3,(H,23,27)(H,25,26)/b10-6+/t20-/m1/s1. The molecule has 1 amide bonds. The van der Waals surface area contributed by atoms with Crippen molar-refractivity contribution in [2.75, 3.05) is 5.32 Å². The van der Waals surface area contributed by atoms with Crippen molar-refractivity contribution < 1.29 is 24.5 Å². The normalized spacial score (nSPS) is 12.5. The van der Waals surface area contributed by atoms with E-state index in [1.165, 1.54) is 0 Å². The number of allylic oxidation sites excluding steroid dienone is 1. The summed E-state index contributed by atoms with van der Waals surface area (Å²) in [6.07, 6.45) is 2.64. The van der Waals surface area contributed by atoms with Crippen molar-refractivity contribution in [2.45, 2.75) is 32.8 Å². The van der Waals surface area contributed by atoms with Crippen LogP contribution < -0.4 is 5.32 Å².